The van der Waals surface area contributed by atoms with E-state index in [4.69, 9.17) is 4.74 Å². The third-order valence-corrected chi connectivity index (χ3v) is 4.83. The fourth-order valence-corrected chi connectivity index (χ4v) is 3.86. The Morgan fingerprint density at radius 2 is 2.17 bits per heavy atom. The van der Waals surface area contributed by atoms with E-state index in [2.05, 4.69) is 10.6 Å². The van der Waals surface area contributed by atoms with E-state index in [1.54, 1.807) is 0 Å². The third-order valence-electron chi connectivity index (χ3n) is 4.83. The number of amides is 2. The lowest BCUT2D eigenvalue weighted by Crippen LogP contribution is -2.45. The highest BCUT2D eigenvalue weighted by molar-refractivity contribution is 5.74. The van der Waals surface area contributed by atoms with Gasteiger partial charge < -0.3 is 15.4 Å². The highest BCUT2D eigenvalue weighted by Crippen LogP contribution is 2.44. The van der Waals surface area contributed by atoms with Gasteiger partial charge in [-0.2, -0.15) is 0 Å². The predicted molar refractivity (Wildman–Crippen MR) is 69.4 cm³/mol. The highest BCUT2D eigenvalue weighted by Gasteiger charge is 2.40. The molecule has 2 N–H and O–H groups in total. The lowest BCUT2D eigenvalue weighted by Gasteiger charge is -2.23. The minimum absolute atomic E-state index is 0.0190. The fourth-order valence-electron chi connectivity index (χ4n) is 3.86. The first-order valence-corrected chi connectivity index (χ1v) is 7.47. The summed E-state index contributed by atoms with van der Waals surface area (Å²) in [6.07, 6.45) is 8.86. The number of carbonyl (C=O) groups is 1. The molecule has 3 fully saturated rings. The summed E-state index contributed by atoms with van der Waals surface area (Å²) in [5, 5.41) is 6.11. The SMILES string of the molecule is O=C(NCC[C@H]1CCCO1)N[C@H]1C[C@H]2CC[C@H]1C2. The number of fused-ring (bicyclic) bond motifs is 2. The van der Waals surface area contributed by atoms with Crippen LogP contribution in [-0.4, -0.2) is 31.3 Å². The van der Waals surface area contributed by atoms with Gasteiger partial charge in [0.05, 0.1) is 6.10 Å². The molecule has 4 nitrogen and oxygen atoms in total. The molecule has 0 unspecified atom stereocenters. The summed E-state index contributed by atoms with van der Waals surface area (Å²) in [7, 11) is 0. The summed E-state index contributed by atoms with van der Waals surface area (Å²) in [5.74, 6) is 1.63. The maximum atomic E-state index is 11.8. The molecule has 18 heavy (non-hydrogen) atoms. The first-order chi connectivity index (χ1) is 8.81. The van der Waals surface area contributed by atoms with Crippen molar-refractivity contribution in [1.29, 1.82) is 0 Å². The van der Waals surface area contributed by atoms with Crippen LogP contribution in [0.5, 0.6) is 0 Å². The number of carbonyl (C=O) groups excluding carboxylic acids is 1. The molecule has 4 heteroatoms. The number of hydrogen-bond donors (Lipinski definition) is 2. The molecule has 0 aromatic heterocycles. The van der Waals surface area contributed by atoms with Crippen molar-refractivity contribution in [1.82, 2.24) is 10.6 Å². The van der Waals surface area contributed by atoms with Gasteiger partial charge in [-0.1, -0.05) is 6.42 Å². The van der Waals surface area contributed by atoms with Gasteiger partial charge in [0.25, 0.3) is 0 Å². The van der Waals surface area contributed by atoms with Gasteiger partial charge >= 0.3 is 6.03 Å². The standard InChI is InChI=1S/C14H24N2O2/c17-14(15-6-5-12-2-1-7-18-12)16-13-9-10-3-4-11(13)8-10/h10-13H,1-9H2,(H2,15,16,17)/t10-,11-,12+,13-/m0/s1. The Bertz CT molecular complexity index is 302. The topological polar surface area (TPSA) is 50.4 Å². The number of ether oxygens (including phenoxy) is 1. The zero-order chi connectivity index (χ0) is 12.4. The Balaban J connectivity index is 1.32. The molecule has 2 amide bonds. The summed E-state index contributed by atoms with van der Waals surface area (Å²) < 4.78 is 5.54. The van der Waals surface area contributed by atoms with E-state index in [0.717, 1.165) is 37.8 Å². The second-order valence-corrected chi connectivity index (χ2v) is 6.11. The molecule has 2 aliphatic carbocycles. The third kappa shape index (κ3) is 2.79. The maximum absolute atomic E-state index is 11.8. The molecular weight excluding hydrogens is 228 g/mol. The van der Waals surface area contributed by atoms with Crippen LogP contribution in [0.4, 0.5) is 4.79 Å². The molecule has 102 valence electrons. The summed E-state index contributed by atoms with van der Waals surface area (Å²) in [4.78, 5) is 11.8. The smallest absolute Gasteiger partial charge is 0.315 e. The average molecular weight is 252 g/mol. The minimum atomic E-state index is 0.0190. The molecule has 2 saturated carbocycles. The van der Waals surface area contributed by atoms with Crippen molar-refractivity contribution in [2.24, 2.45) is 11.8 Å². The Labute approximate surface area is 109 Å². The van der Waals surface area contributed by atoms with E-state index >= 15 is 0 Å². The predicted octanol–water partition coefficient (Wildman–Crippen LogP) is 2.04. The van der Waals surface area contributed by atoms with Crippen LogP contribution in [0.15, 0.2) is 0 Å². The summed E-state index contributed by atoms with van der Waals surface area (Å²) in [5.41, 5.74) is 0. The normalized spacial score (nSPS) is 38.0. The van der Waals surface area contributed by atoms with E-state index < -0.39 is 0 Å². The van der Waals surface area contributed by atoms with Crippen molar-refractivity contribution in [3.05, 3.63) is 0 Å². The molecule has 1 saturated heterocycles. The largest absolute Gasteiger partial charge is 0.378 e. The Kier molecular flexibility index (Phi) is 3.73. The van der Waals surface area contributed by atoms with Crippen LogP contribution in [0.2, 0.25) is 0 Å². The fraction of sp³-hybridized carbons (Fsp3) is 0.929. The highest BCUT2D eigenvalue weighted by atomic mass is 16.5. The van der Waals surface area contributed by atoms with Crippen LogP contribution >= 0.6 is 0 Å². The van der Waals surface area contributed by atoms with Crippen LogP contribution in [0.3, 0.4) is 0 Å². The lowest BCUT2D eigenvalue weighted by molar-refractivity contribution is 0.104. The van der Waals surface area contributed by atoms with Crippen molar-refractivity contribution in [3.8, 4) is 0 Å². The van der Waals surface area contributed by atoms with Gasteiger partial charge in [0.2, 0.25) is 0 Å². The van der Waals surface area contributed by atoms with Crippen LogP contribution in [-0.2, 0) is 4.74 Å². The quantitative estimate of drug-likeness (QED) is 0.804. The van der Waals surface area contributed by atoms with Gasteiger partial charge in [-0.25, -0.2) is 4.79 Å². The Morgan fingerprint density at radius 3 is 2.83 bits per heavy atom. The monoisotopic (exact) mass is 252 g/mol. The van der Waals surface area contributed by atoms with Crippen LogP contribution < -0.4 is 10.6 Å². The Hall–Kier alpha value is -0.770. The van der Waals surface area contributed by atoms with Gasteiger partial charge in [-0.05, 0) is 50.4 Å². The van der Waals surface area contributed by atoms with Gasteiger partial charge in [0, 0.05) is 19.2 Å². The van der Waals surface area contributed by atoms with Crippen LogP contribution in [0.1, 0.15) is 44.9 Å². The van der Waals surface area contributed by atoms with E-state index in [9.17, 15) is 4.79 Å². The molecule has 1 heterocycles. The summed E-state index contributed by atoms with van der Waals surface area (Å²) in [6, 6.07) is 0.456. The van der Waals surface area contributed by atoms with E-state index in [-0.39, 0.29) is 6.03 Å². The first kappa shape index (κ1) is 12.3. The Morgan fingerprint density at radius 1 is 1.22 bits per heavy atom. The van der Waals surface area contributed by atoms with Gasteiger partial charge in [-0.15, -0.1) is 0 Å². The minimum Gasteiger partial charge on any atom is -0.378 e. The number of rotatable bonds is 4. The molecule has 1 aliphatic heterocycles. The van der Waals surface area contributed by atoms with Crippen LogP contribution in [0.25, 0.3) is 0 Å². The van der Waals surface area contributed by atoms with Crippen LogP contribution in [0, 0.1) is 11.8 Å². The van der Waals surface area contributed by atoms with Gasteiger partial charge in [-0.3, -0.25) is 0 Å². The molecule has 0 radical (unpaired) electrons. The molecular formula is C14H24N2O2. The molecule has 3 aliphatic rings. The number of hydrogen-bond acceptors (Lipinski definition) is 2. The molecule has 0 aromatic carbocycles. The molecule has 0 spiro atoms. The summed E-state index contributed by atoms with van der Waals surface area (Å²) in [6.45, 7) is 1.62. The molecule has 4 atom stereocenters. The lowest BCUT2D eigenvalue weighted by atomic mass is 9.95. The van der Waals surface area contributed by atoms with Crippen molar-refractivity contribution in [3.63, 3.8) is 0 Å². The molecule has 3 rings (SSSR count). The number of nitrogens with one attached hydrogen (secondary N) is 2. The maximum Gasteiger partial charge on any atom is 0.315 e. The summed E-state index contributed by atoms with van der Waals surface area (Å²) >= 11 is 0. The second-order valence-electron chi connectivity index (χ2n) is 6.11. The number of urea groups is 1. The van der Waals surface area contributed by atoms with Crippen molar-refractivity contribution < 1.29 is 9.53 Å². The average Bonchev–Trinajstić information content (AvgIpc) is 3.04. The zero-order valence-electron chi connectivity index (χ0n) is 11.0. The van der Waals surface area contributed by atoms with Gasteiger partial charge in [0.1, 0.15) is 0 Å². The van der Waals surface area contributed by atoms with Gasteiger partial charge in [0.15, 0.2) is 0 Å². The first-order valence-electron chi connectivity index (χ1n) is 7.47. The van der Waals surface area contributed by atoms with E-state index in [0.29, 0.717) is 12.1 Å². The van der Waals surface area contributed by atoms with E-state index in [1.165, 1.54) is 32.1 Å². The molecule has 0 aromatic rings. The van der Waals surface area contributed by atoms with Crippen molar-refractivity contribution in [2.75, 3.05) is 13.2 Å². The van der Waals surface area contributed by atoms with Crippen molar-refractivity contribution in [2.45, 2.75) is 57.1 Å². The second kappa shape index (κ2) is 5.47. The van der Waals surface area contributed by atoms with E-state index in [1.807, 2.05) is 0 Å². The molecule has 2 bridgehead atoms. The zero-order valence-corrected chi connectivity index (χ0v) is 11.0. The van der Waals surface area contributed by atoms with Crippen molar-refractivity contribution >= 4 is 6.03 Å².